The summed E-state index contributed by atoms with van der Waals surface area (Å²) >= 11 is 0. The molecule has 1 unspecified atom stereocenters. The molecule has 96 valence electrons. The van der Waals surface area contributed by atoms with E-state index in [1.165, 1.54) is 6.92 Å². The van der Waals surface area contributed by atoms with Crippen molar-refractivity contribution in [2.75, 3.05) is 20.1 Å². The lowest BCUT2D eigenvalue weighted by Gasteiger charge is -2.29. The first-order valence-corrected chi connectivity index (χ1v) is 6.21. The van der Waals surface area contributed by atoms with Gasteiger partial charge in [0, 0.05) is 14.5 Å². The predicted molar refractivity (Wildman–Crippen MR) is 64.2 cm³/mol. The number of nitrogens with zero attached hydrogens (tertiary/aromatic N) is 2. The molecule has 2 aliphatic heterocycles. The SMILES string of the molecule is [3H]C1C[C@H](C(C)=O)N(C(=O)[C@@H]2CCCN2NC)C1. The third-order valence-corrected chi connectivity index (χ3v) is 3.67. The first-order chi connectivity index (χ1) is 8.54. The molecule has 2 rings (SSSR count). The zero-order chi connectivity index (χ0) is 13.3. The highest BCUT2D eigenvalue weighted by Gasteiger charge is 2.39. The van der Waals surface area contributed by atoms with Gasteiger partial charge in [0.2, 0.25) is 5.91 Å². The van der Waals surface area contributed by atoms with E-state index in [0.29, 0.717) is 13.0 Å². The summed E-state index contributed by atoms with van der Waals surface area (Å²) in [7, 11) is 1.81. The Morgan fingerprint density at radius 1 is 1.29 bits per heavy atom. The molecule has 2 saturated heterocycles. The molecule has 1 N–H and O–H groups in total. The maximum absolute atomic E-state index is 12.5. The summed E-state index contributed by atoms with van der Waals surface area (Å²) in [4.78, 5) is 25.7. The van der Waals surface area contributed by atoms with Crippen molar-refractivity contribution in [2.45, 2.75) is 44.7 Å². The van der Waals surface area contributed by atoms with E-state index in [4.69, 9.17) is 1.37 Å². The molecule has 0 radical (unpaired) electrons. The molecule has 5 nitrogen and oxygen atoms in total. The fourth-order valence-electron chi connectivity index (χ4n) is 2.74. The summed E-state index contributed by atoms with van der Waals surface area (Å²) in [5.41, 5.74) is 3.03. The molecule has 0 aliphatic carbocycles. The Hall–Kier alpha value is -0.940. The van der Waals surface area contributed by atoms with Crippen molar-refractivity contribution < 1.29 is 11.0 Å². The molecule has 2 aliphatic rings. The van der Waals surface area contributed by atoms with Crippen LogP contribution >= 0.6 is 0 Å². The second-order valence-corrected chi connectivity index (χ2v) is 4.72. The van der Waals surface area contributed by atoms with Crippen LogP contribution in [0.4, 0.5) is 0 Å². The molecule has 17 heavy (non-hydrogen) atoms. The topological polar surface area (TPSA) is 52.7 Å². The largest absolute Gasteiger partial charge is 0.331 e. The number of carbonyl (C=O) groups excluding carboxylic acids is 2. The molecule has 1 amide bonds. The molecule has 2 fully saturated rings. The van der Waals surface area contributed by atoms with Gasteiger partial charge in [0.1, 0.15) is 6.04 Å². The Bertz CT molecular complexity index is 350. The molecule has 5 heteroatoms. The van der Waals surface area contributed by atoms with Crippen LogP contribution in [0.3, 0.4) is 0 Å². The third kappa shape index (κ3) is 2.35. The van der Waals surface area contributed by atoms with Gasteiger partial charge in [0.25, 0.3) is 0 Å². The number of likely N-dealkylation sites (tertiary alicyclic amines) is 1. The van der Waals surface area contributed by atoms with Gasteiger partial charge in [-0.3, -0.25) is 15.0 Å². The standard InChI is InChI=1S/C12H21N3O2/c1-9(16)10-5-3-7-14(10)12(17)11-6-4-8-15(11)13-2/h10-11,13H,3-8H2,1-2H3/t10-,11+/m1/s1/i3T/t3?,10-,11+. The van der Waals surface area contributed by atoms with Gasteiger partial charge in [0.05, 0.1) is 6.04 Å². The van der Waals surface area contributed by atoms with Crippen molar-refractivity contribution >= 4 is 11.7 Å². The number of amides is 1. The van der Waals surface area contributed by atoms with Crippen molar-refractivity contribution in [2.24, 2.45) is 0 Å². The normalized spacial score (nSPS) is 35.1. The van der Waals surface area contributed by atoms with Gasteiger partial charge >= 0.3 is 0 Å². The average molecular weight is 241 g/mol. The molecular formula is C12H21N3O2. The van der Waals surface area contributed by atoms with Crippen LogP contribution in [0, 0.1) is 0 Å². The molecule has 0 spiro atoms. The highest BCUT2D eigenvalue weighted by molar-refractivity contribution is 5.90. The minimum atomic E-state index is -0.390. The van der Waals surface area contributed by atoms with Crippen LogP contribution in [0.15, 0.2) is 0 Å². The van der Waals surface area contributed by atoms with Gasteiger partial charge in [-0.1, -0.05) is 0 Å². The molecule has 0 aromatic rings. The van der Waals surface area contributed by atoms with Crippen molar-refractivity contribution in [3.63, 3.8) is 0 Å². The maximum atomic E-state index is 12.5. The molecule has 0 aromatic heterocycles. The molecule has 0 saturated carbocycles. The maximum Gasteiger partial charge on any atom is 0.241 e. The van der Waals surface area contributed by atoms with Gasteiger partial charge in [-0.15, -0.1) is 0 Å². The lowest BCUT2D eigenvalue weighted by molar-refractivity contribution is -0.141. The predicted octanol–water partition coefficient (Wildman–Crippen LogP) is 0.165. The summed E-state index contributed by atoms with van der Waals surface area (Å²) in [5.74, 6) is -0.0103. The van der Waals surface area contributed by atoms with Gasteiger partial charge < -0.3 is 4.90 Å². The van der Waals surface area contributed by atoms with E-state index in [1.807, 2.05) is 12.1 Å². The number of nitrogens with one attached hydrogen (secondary N) is 1. The number of hydrazine groups is 1. The lowest BCUT2D eigenvalue weighted by Crippen LogP contribution is -2.52. The first-order valence-electron chi connectivity index (χ1n) is 6.79. The van der Waals surface area contributed by atoms with Crippen LogP contribution in [-0.4, -0.2) is 53.8 Å². The number of rotatable bonds is 3. The quantitative estimate of drug-likeness (QED) is 0.765. The summed E-state index contributed by atoms with van der Waals surface area (Å²) < 4.78 is 7.77. The van der Waals surface area contributed by atoms with E-state index in [9.17, 15) is 9.59 Å². The van der Waals surface area contributed by atoms with Gasteiger partial charge in [0.15, 0.2) is 5.78 Å². The van der Waals surface area contributed by atoms with Crippen LogP contribution < -0.4 is 5.43 Å². The van der Waals surface area contributed by atoms with Crippen molar-refractivity contribution in [3.05, 3.63) is 0 Å². The van der Waals surface area contributed by atoms with Gasteiger partial charge in [-0.2, -0.15) is 0 Å². The van der Waals surface area contributed by atoms with E-state index in [1.54, 1.807) is 4.90 Å². The fourth-order valence-corrected chi connectivity index (χ4v) is 2.74. The molecule has 0 bridgehead atoms. The van der Waals surface area contributed by atoms with Gasteiger partial charge in [-0.25, -0.2) is 5.01 Å². The summed E-state index contributed by atoms with van der Waals surface area (Å²) in [5, 5.41) is 1.93. The Balaban J connectivity index is 2.10. The van der Waals surface area contributed by atoms with Gasteiger partial charge in [-0.05, 0) is 39.6 Å². The van der Waals surface area contributed by atoms with E-state index < -0.39 is 0 Å². The number of Topliss-reactive ketones (excluding diaryl/α,β-unsaturated/α-hetero) is 1. The highest BCUT2D eigenvalue weighted by atomic mass is 16.2. The summed E-state index contributed by atoms with van der Waals surface area (Å²) in [6, 6.07) is -0.568. The number of hydrogen-bond donors (Lipinski definition) is 1. The van der Waals surface area contributed by atoms with Crippen LogP contribution in [-0.2, 0) is 9.59 Å². The Morgan fingerprint density at radius 3 is 2.71 bits per heavy atom. The second-order valence-electron chi connectivity index (χ2n) is 4.72. The smallest absolute Gasteiger partial charge is 0.241 e. The highest BCUT2D eigenvalue weighted by Crippen LogP contribution is 2.23. The molecule has 2 heterocycles. The van der Waals surface area contributed by atoms with E-state index >= 15 is 0 Å². The van der Waals surface area contributed by atoms with E-state index in [-0.39, 0.29) is 30.2 Å². The van der Waals surface area contributed by atoms with Crippen LogP contribution in [0.5, 0.6) is 0 Å². The zero-order valence-corrected chi connectivity index (χ0v) is 10.5. The number of hydrogen-bond acceptors (Lipinski definition) is 4. The van der Waals surface area contributed by atoms with Crippen LogP contribution in [0.25, 0.3) is 0 Å². The Morgan fingerprint density at radius 2 is 2.06 bits per heavy atom. The molecule has 3 atom stereocenters. The van der Waals surface area contributed by atoms with Crippen LogP contribution in [0.1, 0.15) is 34.0 Å². The van der Waals surface area contributed by atoms with E-state index in [2.05, 4.69) is 5.43 Å². The Kier molecular flexibility index (Phi) is 3.38. The number of ketones is 1. The lowest BCUT2D eigenvalue weighted by atomic mass is 10.1. The molecular weight excluding hydrogens is 218 g/mol. The van der Waals surface area contributed by atoms with Crippen molar-refractivity contribution in [1.29, 1.82) is 0 Å². The minimum absolute atomic E-state index is 0.00296. The number of carbonyl (C=O) groups is 2. The Labute approximate surface area is 104 Å². The fraction of sp³-hybridized carbons (Fsp3) is 0.833. The van der Waals surface area contributed by atoms with Crippen LogP contribution in [0.2, 0.25) is 0 Å². The zero-order valence-electron chi connectivity index (χ0n) is 11.5. The van der Waals surface area contributed by atoms with E-state index in [0.717, 1.165) is 19.4 Å². The minimum Gasteiger partial charge on any atom is -0.331 e. The first kappa shape index (κ1) is 11.2. The summed E-state index contributed by atoms with van der Waals surface area (Å²) in [6.07, 6.45) is 1.96. The second kappa shape index (κ2) is 5.14. The molecule has 0 aromatic carbocycles. The van der Waals surface area contributed by atoms with Crippen molar-refractivity contribution in [3.8, 4) is 0 Å². The average Bonchev–Trinajstić information content (AvgIpc) is 2.93. The third-order valence-electron chi connectivity index (χ3n) is 3.67. The van der Waals surface area contributed by atoms with Crippen molar-refractivity contribution in [1.82, 2.24) is 15.3 Å². The monoisotopic (exact) mass is 241 g/mol. The summed E-state index contributed by atoms with van der Waals surface area (Å²) in [6.45, 7) is 2.75.